The molecule has 1 saturated heterocycles. The Morgan fingerprint density at radius 2 is 2.05 bits per heavy atom. The van der Waals surface area contributed by atoms with E-state index in [2.05, 4.69) is 4.74 Å². The van der Waals surface area contributed by atoms with E-state index in [0.717, 1.165) is 4.90 Å². The topological polar surface area (TPSA) is 63.7 Å². The van der Waals surface area contributed by atoms with Crippen molar-refractivity contribution in [3.63, 3.8) is 0 Å². The number of hydrogen-bond donors (Lipinski definition) is 0. The van der Waals surface area contributed by atoms with Gasteiger partial charge < -0.3 is 9.64 Å². The van der Waals surface area contributed by atoms with Gasteiger partial charge in [0.2, 0.25) is 5.91 Å². The average molecular weight is 323 g/mol. The molecule has 0 spiro atoms. The Balaban J connectivity index is 2.28. The molecule has 1 fully saturated rings. The van der Waals surface area contributed by atoms with Gasteiger partial charge in [-0.2, -0.15) is 17.2 Å². The third-order valence-electron chi connectivity index (χ3n) is 3.19. The second-order valence-corrected chi connectivity index (χ2v) is 6.25. The van der Waals surface area contributed by atoms with E-state index in [9.17, 15) is 25.9 Å². The van der Waals surface area contributed by atoms with Crippen molar-refractivity contribution in [1.29, 1.82) is 0 Å². The number of alkyl halides is 2. The molecule has 0 radical (unpaired) electrons. The zero-order valence-electron chi connectivity index (χ0n) is 10.9. The number of rotatable bonds is 4. The minimum Gasteiger partial charge on any atom is -0.434 e. The van der Waals surface area contributed by atoms with Gasteiger partial charge in [0.25, 0.3) is 0 Å². The number of ether oxygens (including phenoxy) is 1. The standard InChI is InChI=1S/C12H12F3NO4S/c1-7-2-3-8(4-10(7)20-12(13)14)16-6-9(5-11(16)17)21(15,18)19/h2-4,9,12H,5-6H2,1H3. The van der Waals surface area contributed by atoms with Crippen LogP contribution >= 0.6 is 0 Å². The molecule has 1 aromatic rings. The molecule has 0 N–H and O–H groups in total. The van der Waals surface area contributed by atoms with Crippen molar-refractivity contribution < 1.29 is 30.6 Å². The SMILES string of the molecule is Cc1ccc(N2CC(S(=O)(=O)F)CC2=O)cc1OC(F)F. The summed E-state index contributed by atoms with van der Waals surface area (Å²) >= 11 is 0. The van der Waals surface area contributed by atoms with E-state index in [1.165, 1.54) is 18.2 Å². The molecule has 0 aromatic heterocycles. The van der Waals surface area contributed by atoms with Gasteiger partial charge in [0.15, 0.2) is 0 Å². The van der Waals surface area contributed by atoms with E-state index in [1.54, 1.807) is 6.92 Å². The van der Waals surface area contributed by atoms with Crippen molar-refractivity contribution in [3.8, 4) is 5.75 Å². The van der Waals surface area contributed by atoms with Crippen molar-refractivity contribution >= 4 is 21.8 Å². The zero-order valence-corrected chi connectivity index (χ0v) is 11.7. The molecule has 0 saturated carbocycles. The van der Waals surface area contributed by atoms with Gasteiger partial charge in [-0.25, -0.2) is 0 Å². The summed E-state index contributed by atoms with van der Waals surface area (Å²) in [4.78, 5) is 12.8. The van der Waals surface area contributed by atoms with Gasteiger partial charge in [-0.1, -0.05) is 6.07 Å². The fraction of sp³-hybridized carbons (Fsp3) is 0.417. The van der Waals surface area contributed by atoms with Crippen LogP contribution in [0.4, 0.5) is 18.4 Å². The van der Waals surface area contributed by atoms with Gasteiger partial charge in [-0.05, 0) is 18.6 Å². The van der Waals surface area contributed by atoms with Crippen molar-refractivity contribution in [2.45, 2.75) is 25.2 Å². The van der Waals surface area contributed by atoms with Gasteiger partial charge in [0.05, 0.1) is 0 Å². The molecule has 9 heteroatoms. The molecule has 1 aliphatic heterocycles. The summed E-state index contributed by atoms with van der Waals surface area (Å²) in [5.41, 5.74) is 0.618. The van der Waals surface area contributed by atoms with Crippen molar-refractivity contribution in [2.75, 3.05) is 11.4 Å². The van der Waals surface area contributed by atoms with Crippen molar-refractivity contribution in [1.82, 2.24) is 0 Å². The first-order valence-electron chi connectivity index (χ1n) is 5.98. The molecular weight excluding hydrogens is 311 g/mol. The summed E-state index contributed by atoms with van der Waals surface area (Å²) in [5, 5.41) is -1.44. The number of hydrogen-bond acceptors (Lipinski definition) is 4. The third-order valence-corrected chi connectivity index (χ3v) is 4.30. The van der Waals surface area contributed by atoms with Gasteiger partial charge in [0, 0.05) is 24.7 Å². The highest BCUT2D eigenvalue weighted by Gasteiger charge is 2.39. The number of aryl methyl sites for hydroxylation is 1. The third kappa shape index (κ3) is 3.46. The maximum atomic E-state index is 12.9. The molecule has 116 valence electrons. The van der Waals surface area contributed by atoms with Gasteiger partial charge in [0.1, 0.15) is 11.0 Å². The fourth-order valence-electron chi connectivity index (χ4n) is 2.09. The summed E-state index contributed by atoms with van der Waals surface area (Å²) in [7, 11) is -4.83. The molecule has 1 aliphatic rings. The van der Waals surface area contributed by atoms with Crippen LogP contribution < -0.4 is 9.64 Å². The average Bonchev–Trinajstić information content (AvgIpc) is 2.73. The molecule has 21 heavy (non-hydrogen) atoms. The molecule has 2 rings (SSSR count). The lowest BCUT2D eigenvalue weighted by atomic mass is 10.2. The van der Waals surface area contributed by atoms with E-state index in [-0.39, 0.29) is 18.0 Å². The number of carbonyl (C=O) groups is 1. The first kappa shape index (κ1) is 15.6. The Bertz CT molecular complexity index is 662. The summed E-state index contributed by atoms with van der Waals surface area (Å²) in [6.07, 6.45) is -0.474. The Morgan fingerprint density at radius 3 is 2.57 bits per heavy atom. The predicted molar refractivity (Wildman–Crippen MR) is 68.6 cm³/mol. The van der Waals surface area contributed by atoms with Crippen LogP contribution in [0.2, 0.25) is 0 Å². The van der Waals surface area contributed by atoms with Crippen LogP contribution in [0, 0.1) is 6.92 Å². The Hall–Kier alpha value is -1.77. The quantitative estimate of drug-likeness (QED) is 0.795. The number of anilines is 1. The molecule has 1 aromatic carbocycles. The smallest absolute Gasteiger partial charge is 0.387 e. The van der Waals surface area contributed by atoms with E-state index >= 15 is 0 Å². The summed E-state index contributed by atoms with van der Waals surface area (Å²) < 4.78 is 63.5. The second-order valence-electron chi connectivity index (χ2n) is 4.63. The van der Waals surface area contributed by atoms with Crippen molar-refractivity contribution in [2.24, 2.45) is 0 Å². The van der Waals surface area contributed by atoms with Crippen LogP contribution in [0.3, 0.4) is 0 Å². The monoisotopic (exact) mass is 323 g/mol. The van der Waals surface area contributed by atoms with Crippen molar-refractivity contribution in [3.05, 3.63) is 23.8 Å². The Labute approximate surface area is 119 Å². The molecule has 0 aliphatic carbocycles. The normalized spacial score (nSPS) is 19.4. The molecule has 1 amide bonds. The second kappa shape index (κ2) is 5.55. The van der Waals surface area contributed by atoms with Crippen LogP contribution in [-0.2, 0) is 15.0 Å². The highest BCUT2D eigenvalue weighted by molar-refractivity contribution is 7.87. The molecule has 1 heterocycles. The van der Waals surface area contributed by atoms with E-state index < -0.39 is 34.4 Å². The minimum absolute atomic E-state index is 0.123. The lowest BCUT2D eigenvalue weighted by Crippen LogP contribution is -2.27. The van der Waals surface area contributed by atoms with Crippen LogP contribution in [0.1, 0.15) is 12.0 Å². The van der Waals surface area contributed by atoms with Gasteiger partial charge >= 0.3 is 16.8 Å². The van der Waals surface area contributed by atoms with Crippen LogP contribution in [0.5, 0.6) is 5.75 Å². The zero-order chi connectivity index (χ0) is 15.8. The first-order chi connectivity index (χ1) is 9.68. The molecule has 0 bridgehead atoms. The summed E-state index contributed by atoms with van der Waals surface area (Å²) in [6.45, 7) is -1.83. The summed E-state index contributed by atoms with van der Waals surface area (Å²) in [5.74, 6) is -0.713. The van der Waals surface area contributed by atoms with Gasteiger partial charge in [-0.15, -0.1) is 3.89 Å². The van der Waals surface area contributed by atoms with Crippen LogP contribution in [-0.4, -0.2) is 32.7 Å². The molecule has 1 unspecified atom stereocenters. The molecular formula is C12H12F3NO4S. The highest BCUT2D eigenvalue weighted by atomic mass is 32.3. The fourth-order valence-corrected chi connectivity index (χ4v) is 2.76. The van der Waals surface area contributed by atoms with Gasteiger partial charge in [-0.3, -0.25) is 4.79 Å². The predicted octanol–water partition coefficient (Wildman–Crippen LogP) is 2.00. The Morgan fingerprint density at radius 1 is 1.38 bits per heavy atom. The number of benzene rings is 1. The lowest BCUT2D eigenvalue weighted by molar-refractivity contribution is -0.117. The number of amides is 1. The Kier molecular flexibility index (Phi) is 4.13. The highest BCUT2D eigenvalue weighted by Crippen LogP contribution is 2.31. The minimum atomic E-state index is -4.83. The van der Waals surface area contributed by atoms with E-state index in [4.69, 9.17) is 0 Å². The van der Waals surface area contributed by atoms with Crippen LogP contribution in [0.15, 0.2) is 18.2 Å². The first-order valence-corrected chi connectivity index (χ1v) is 7.42. The number of carbonyl (C=O) groups excluding carboxylic acids is 1. The maximum Gasteiger partial charge on any atom is 0.387 e. The number of halogens is 3. The lowest BCUT2D eigenvalue weighted by Gasteiger charge is -2.18. The molecule has 1 atom stereocenters. The largest absolute Gasteiger partial charge is 0.434 e. The summed E-state index contributed by atoms with van der Waals surface area (Å²) in [6, 6.07) is 4.11. The van der Waals surface area contributed by atoms with Crippen LogP contribution in [0.25, 0.3) is 0 Å². The maximum absolute atomic E-state index is 12.9. The van der Waals surface area contributed by atoms with E-state index in [0.29, 0.717) is 5.56 Å². The number of nitrogens with zero attached hydrogens (tertiary/aromatic N) is 1. The molecule has 5 nitrogen and oxygen atoms in total. The van der Waals surface area contributed by atoms with E-state index in [1.807, 2.05) is 0 Å².